The molecule has 0 bridgehead atoms. The molecule has 1 rings (SSSR count). The van der Waals surface area contributed by atoms with E-state index in [-0.39, 0.29) is 11.9 Å². The zero-order valence-corrected chi connectivity index (χ0v) is 9.76. The van der Waals surface area contributed by atoms with E-state index in [9.17, 15) is 4.79 Å². The van der Waals surface area contributed by atoms with Crippen LogP contribution < -0.4 is 10.9 Å². The molecule has 1 aromatic carbocycles. The van der Waals surface area contributed by atoms with Crippen molar-refractivity contribution in [1.82, 2.24) is 10.9 Å². The normalized spacial score (nSPS) is 10.3. The summed E-state index contributed by atoms with van der Waals surface area (Å²) >= 11 is 3.32. The number of hydrogen-bond donors (Lipinski definition) is 2. The maximum absolute atomic E-state index is 11.6. The van der Waals surface area contributed by atoms with E-state index in [2.05, 4.69) is 26.8 Å². The molecule has 4 heteroatoms. The fourth-order valence-corrected chi connectivity index (χ4v) is 1.39. The molecular formula is C10H13BrN2O. The largest absolute Gasteiger partial charge is 0.287 e. The van der Waals surface area contributed by atoms with Crippen LogP contribution in [0.4, 0.5) is 0 Å². The van der Waals surface area contributed by atoms with Gasteiger partial charge in [-0.3, -0.25) is 10.2 Å². The standard InChI is InChI=1S/C10H13BrN2O/c1-7(2)12-13-10(14)8-5-3-4-6-9(8)11/h3-7,12H,1-2H3,(H,13,14). The Balaban J connectivity index is 2.65. The summed E-state index contributed by atoms with van der Waals surface area (Å²) in [7, 11) is 0. The lowest BCUT2D eigenvalue weighted by molar-refractivity contribution is 0.0927. The fourth-order valence-electron chi connectivity index (χ4n) is 0.923. The Hall–Kier alpha value is -0.870. The molecule has 0 atom stereocenters. The SMILES string of the molecule is CC(C)NNC(=O)c1ccccc1Br. The van der Waals surface area contributed by atoms with Gasteiger partial charge in [-0.1, -0.05) is 12.1 Å². The number of benzene rings is 1. The third-order valence-electron chi connectivity index (χ3n) is 1.59. The lowest BCUT2D eigenvalue weighted by atomic mass is 10.2. The van der Waals surface area contributed by atoms with E-state index < -0.39 is 0 Å². The lowest BCUT2D eigenvalue weighted by Crippen LogP contribution is -2.41. The number of rotatable bonds is 3. The zero-order valence-electron chi connectivity index (χ0n) is 8.17. The zero-order chi connectivity index (χ0) is 10.6. The van der Waals surface area contributed by atoms with Crippen molar-refractivity contribution in [3.05, 3.63) is 34.3 Å². The average Bonchev–Trinajstić information content (AvgIpc) is 2.15. The fraction of sp³-hybridized carbons (Fsp3) is 0.300. The van der Waals surface area contributed by atoms with Crippen LogP contribution in [-0.4, -0.2) is 11.9 Å². The van der Waals surface area contributed by atoms with Crippen molar-refractivity contribution in [2.24, 2.45) is 0 Å². The Labute approximate surface area is 92.0 Å². The third kappa shape index (κ3) is 3.12. The minimum absolute atomic E-state index is 0.133. The number of hydrazine groups is 1. The van der Waals surface area contributed by atoms with Gasteiger partial charge in [-0.05, 0) is 41.9 Å². The highest BCUT2D eigenvalue weighted by Crippen LogP contribution is 2.14. The predicted molar refractivity (Wildman–Crippen MR) is 59.9 cm³/mol. The highest BCUT2D eigenvalue weighted by atomic mass is 79.9. The van der Waals surface area contributed by atoms with Gasteiger partial charge in [0.1, 0.15) is 0 Å². The summed E-state index contributed by atoms with van der Waals surface area (Å²) in [5.41, 5.74) is 6.10. The van der Waals surface area contributed by atoms with Gasteiger partial charge >= 0.3 is 0 Å². The van der Waals surface area contributed by atoms with Crippen LogP contribution in [0, 0.1) is 0 Å². The van der Waals surface area contributed by atoms with Crippen molar-refractivity contribution in [3.63, 3.8) is 0 Å². The van der Waals surface area contributed by atoms with Crippen LogP contribution in [0.15, 0.2) is 28.7 Å². The molecule has 0 heterocycles. The van der Waals surface area contributed by atoms with Crippen LogP contribution in [0.3, 0.4) is 0 Å². The number of carbonyl (C=O) groups is 1. The van der Waals surface area contributed by atoms with Gasteiger partial charge in [0.15, 0.2) is 0 Å². The lowest BCUT2D eigenvalue weighted by Gasteiger charge is -2.10. The Morgan fingerprint density at radius 2 is 2.00 bits per heavy atom. The molecule has 0 radical (unpaired) electrons. The topological polar surface area (TPSA) is 41.1 Å². The second-order valence-corrected chi connectivity index (χ2v) is 4.09. The first-order valence-electron chi connectivity index (χ1n) is 4.41. The molecule has 0 saturated heterocycles. The molecule has 1 aromatic rings. The summed E-state index contributed by atoms with van der Waals surface area (Å²) in [4.78, 5) is 11.6. The van der Waals surface area contributed by atoms with Crippen LogP contribution in [0.2, 0.25) is 0 Å². The molecule has 1 amide bonds. The number of amides is 1. The van der Waals surface area contributed by atoms with E-state index in [1.165, 1.54) is 0 Å². The number of nitrogens with one attached hydrogen (secondary N) is 2. The summed E-state index contributed by atoms with van der Waals surface area (Å²) in [6.07, 6.45) is 0. The minimum atomic E-state index is -0.133. The molecule has 0 saturated carbocycles. The average molecular weight is 257 g/mol. The van der Waals surface area contributed by atoms with Gasteiger partial charge in [0, 0.05) is 10.5 Å². The van der Waals surface area contributed by atoms with E-state index in [4.69, 9.17) is 0 Å². The summed E-state index contributed by atoms with van der Waals surface area (Å²) in [6.45, 7) is 3.92. The third-order valence-corrected chi connectivity index (χ3v) is 2.28. The highest BCUT2D eigenvalue weighted by molar-refractivity contribution is 9.10. The molecule has 0 aromatic heterocycles. The molecule has 2 N–H and O–H groups in total. The van der Waals surface area contributed by atoms with Gasteiger partial charge in [0.25, 0.3) is 5.91 Å². The summed E-state index contributed by atoms with van der Waals surface area (Å²) < 4.78 is 0.794. The molecule has 76 valence electrons. The molecule has 0 aliphatic rings. The van der Waals surface area contributed by atoms with Crippen molar-refractivity contribution in [3.8, 4) is 0 Å². The number of carbonyl (C=O) groups excluding carboxylic acids is 1. The highest BCUT2D eigenvalue weighted by Gasteiger charge is 2.08. The first-order valence-corrected chi connectivity index (χ1v) is 5.21. The van der Waals surface area contributed by atoms with E-state index in [1.54, 1.807) is 6.07 Å². The van der Waals surface area contributed by atoms with Crippen molar-refractivity contribution < 1.29 is 4.79 Å². The van der Waals surface area contributed by atoms with Gasteiger partial charge in [-0.15, -0.1) is 0 Å². The first-order chi connectivity index (χ1) is 6.61. The van der Waals surface area contributed by atoms with Gasteiger partial charge in [-0.25, -0.2) is 5.43 Å². The van der Waals surface area contributed by atoms with Crippen molar-refractivity contribution in [1.29, 1.82) is 0 Å². The number of halogens is 1. The van der Waals surface area contributed by atoms with Crippen LogP contribution in [0.5, 0.6) is 0 Å². The van der Waals surface area contributed by atoms with Gasteiger partial charge in [0.2, 0.25) is 0 Å². The van der Waals surface area contributed by atoms with Gasteiger partial charge in [0.05, 0.1) is 5.56 Å². The van der Waals surface area contributed by atoms with Crippen LogP contribution >= 0.6 is 15.9 Å². The van der Waals surface area contributed by atoms with Gasteiger partial charge < -0.3 is 0 Å². The van der Waals surface area contributed by atoms with Gasteiger partial charge in [-0.2, -0.15) is 0 Å². The van der Waals surface area contributed by atoms with E-state index >= 15 is 0 Å². The summed E-state index contributed by atoms with van der Waals surface area (Å²) in [5.74, 6) is -0.133. The Morgan fingerprint density at radius 3 is 2.57 bits per heavy atom. The van der Waals surface area contributed by atoms with Crippen LogP contribution in [0.25, 0.3) is 0 Å². The van der Waals surface area contributed by atoms with Crippen molar-refractivity contribution in [2.75, 3.05) is 0 Å². The van der Waals surface area contributed by atoms with E-state index in [1.807, 2.05) is 32.0 Å². The molecule has 3 nitrogen and oxygen atoms in total. The molecule has 14 heavy (non-hydrogen) atoms. The summed E-state index contributed by atoms with van der Waals surface area (Å²) in [6, 6.07) is 7.53. The molecule has 0 aliphatic carbocycles. The Bertz CT molecular complexity index is 326. The maximum Gasteiger partial charge on any atom is 0.266 e. The van der Waals surface area contributed by atoms with Crippen LogP contribution in [0.1, 0.15) is 24.2 Å². The molecule has 0 aliphatic heterocycles. The monoisotopic (exact) mass is 256 g/mol. The quantitative estimate of drug-likeness (QED) is 0.814. The molecule has 0 fully saturated rings. The molecular weight excluding hydrogens is 244 g/mol. The van der Waals surface area contributed by atoms with E-state index in [0.29, 0.717) is 5.56 Å². The number of hydrogen-bond acceptors (Lipinski definition) is 2. The Morgan fingerprint density at radius 1 is 1.36 bits per heavy atom. The first kappa shape index (κ1) is 11.2. The van der Waals surface area contributed by atoms with Crippen molar-refractivity contribution in [2.45, 2.75) is 19.9 Å². The van der Waals surface area contributed by atoms with E-state index in [0.717, 1.165) is 4.47 Å². The van der Waals surface area contributed by atoms with Crippen molar-refractivity contribution >= 4 is 21.8 Å². The molecule has 0 spiro atoms. The van der Waals surface area contributed by atoms with Crippen LogP contribution in [-0.2, 0) is 0 Å². The minimum Gasteiger partial charge on any atom is -0.287 e. The predicted octanol–water partition coefficient (Wildman–Crippen LogP) is 2.09. The second kappa shape index (κ2) is 5.12. The second-order valence-electron chi connectivity index (χ2n) is 3.23. The maximum atomic E-state index is 11.6. The molecule has 0 unspecified atom stereocenters. The summed E-state index contributed by atoms with van der Waals surface area (Å²) in [5, 5.41) is 0. The smallest absolute Gasteiger partial charge is 0.266 e. The Kier molecular flexibility index (Phi) is 4.10.